The fourth-order valence-corrected chi connectivity index (χ4v) is 5.31. The first-order chi connectivity index (χ1) is 16.7. The second-order valence-corrected chi connectivity index (χ2v) is 10.1. The highest BCUT2D eigenvalue weighted by Crippen LogP contribution is 2.25. The van der Waals surface area contributed by atoms with E-state index in [4.69, 9.17) is 4.74 Å². The largest absolute Gasteiger partial charge is 0.491 e. The quantitative estimate of drug-likeness (QED) is 0.326. The third-order valence-corrected chi connectivity index (χ3v) is 7.27. The molecule has 4 aromatic carbocycles. The minimum atomic E-state index is -3.87. The molecule has 35 heavy (non-hydrogen) atoms. The summed E-state index contributed by atoms with van der Waals surface area (Å²) in [6.07, 6.45) is 0. The Morgan fingerprint density at radius 2 is 1.63 bits per heavy atom. The molecule has 0 aliphatic rings. The maximum Gasteiger partial charge on any atom is 0.262 e. The average molecular weight is 489 g/mol. The highest BCUT2D eigenvalue weighted by atomic mass is 32.2. The Labute approximate surface area is 206 Å². The molecule has 0 bridgehead atoms. The molecule has 0 heterocycles. The van der Waals surface area contributed by atoms with E-state index in [9.17, 15) is 13.2 Å². The molecule has 0 saturated heterocycles. The normalized spacial score (nSPS) is 11.3. The maximum atomic E-state index is 13.1. The lowest BCUT2D eigenvalue weighted by Gasteiger charge is -2.14. The SMILES string of the molecule is Cc1ccc(NS(=O)(=O)c2cc(C(=O)NCCOc3cccc4ccccc34)ccc2C)c(C)c1. The van der Waals surface area contributed by atoms with Crippen LogP contribution in [0.4, 0.5) is 5.69 Å². The average Bonchev–Trinajstić information content (AvgIpc) is 2.83. The van der Waals surface area contributed by atoms with Gasteiger partial charge in [-0.05, 0) is 61.5 Å². The van der Waals surface area contributed by atoms with Crippen LogP contribution in [0, 0.1) is 20.8 Å². The Balaban J connectivity index is 1.42. The molecule has 0 saturated carbocycles. The van der Waals surface area contributed by atoms with Crippen molar-refractivity contribution in [3.05, 3.63) is 101 Å². The standard InChI is InChI=1S/C28H28N2O4S/c1-19-11-14-25(21(3)17-19)30-35(32,33)27-18-23(13-12-20(27)2)28(31)29-15-16-34-26-10-6-8-22-7-4-5-9-24(22)26/h4-14,17-18,30H,15-16H2,1-3H3,(H,29,31). The van der Waals surface area contributed by atoms with Crippen LogP contribution in [0.5, 0.6) is 5.75 Å². The number of aryl methyl sites for hydroxylation is 3. The molecule has 0 unspecified atom stereocenters. The molecule has 0 aliphatic carbocycles. The first-order valence-corrected chi connectivity index (χ1v) is 12.8. The highest BCUT2D eigenvalue weighted by Gasteiger charge is 2.20. The van der Waals surface area contributed by atoms with Crippen LogP contribution < -0.4 is 14.8 Å². The van der Waals surface area contributed by atoms with E-state index in [-0.39, 0.29) is 29.5 Å². The maximum absolute atomic E-state index is 13.1. The van der Waals surface area contributed by atoms with Crippen molar-refractivity contribution >= 4 is 32.4 Å². The number of anilines is 1. The molecule has 180 valence electrons. The molecular weight excluding hydrogens is 460 g/mol. The molecule has 7 heteroatoms. The summed E-state index contributed by atoms with van der Waals surface area (Å²) in [5, 5.41) is 4.89. The number of amides is 1. The number of carbonyl (C=O) groups excluding carboxylic acids is 1. The molecule has 1 amide bonds. The van der Waals surface area contributed by atoms with Crippen LogP contribution in [0.3, 0.4) is 0 Å². The number of hydrogen-bond donors (Lipinski definition) is 2. The Bertz CT molecular complexity index is 1490. The summed E-state index contributed by atoms with van der Waals surface area (Å²) in [6.45, 7) is 6.06. The molecule has 4 rings (SSSR count). The predicted molar refractivity (Wildman–Crippen MR) is 140 cm³/mol. The second kappa shape index (κ2) is 10.2. The zero-order chi connectivity index (χ0) is 25.0. The van der Waals surface area contributed by atoms with Gasteiger partial charge < -0.3 is 10.1 Å². The third kappa shape index (κ3) is 5.63. The number of hydrogen-bond acceptors (Lipinski definition) is 4. The lowest BCUT2D eigenvalue weighted by atomic mass is 10.1. The first-order valence-electron chi connectivity index (χ1n) is 11.3. The number of nitrogens with one attached hydrogen (secondary N) is 2. The Morgan fingerprint density at radius 3 is 2.43 bits per heavy atom. The lowest BCUT2D eigenvalue weighted by Crippen LogP contribution is -2.28. The van der Waals surface area contributed by atoms with Crippen molar-refractivity contribution < 1.29 is 17.9 Å². The molecule has 0 fully saturated rings. The number of fused-ring (bicyclic) bond motifs is 1. The van der Waals surface area contributed by atoms with Gasteiger partial charge in [0.2, 0.25) is 0 Å². The van der Waals surface area contributed by atoms with Crippen molar-refractivity contribution in [3.8, 4) is 5.75 Å². The summed E-state index contributed by atoms with van der Waals surface area (Å²) in [5.41, 5.74) is 3.20. The van der Waals surface area contributed by atoms with Crippen molar-refractivity contribution in [2.45, 2.75) is 25.7 Å². The molecule has 6 nitrogen and oxygen atoms in total. The third-order valence-electron chi connectivity index (χ3n) is 5.76. The van der Waals surface area contributed by atoms with E-state index in [1.54, 1.807) is 25.1 Å². The molecule has 0 aromatic heterocycles. The summed E-state index contributed by atoms with van der Waals surface area (Å²) in [4.78, 5) is 12.8. The van der Waals surface area contributed by atoms with Crippen LogP contribution >= 0.6 is 0 Å². The fourth-order valence-electron chi connectivity index (χ4n) is 3.91. The number of carbonyl (C=O) groups is 1. The summed E-state index contributed by atoms with van der Waals surface area (Å²) in [5.74, 6) is 0.382. The van der Waals surface area contributed by atoms with E-state index in [0.29, 0.717) is 11.3 Å². The van der Waals surface area contributed by atoms with Gasteiger partial charge >= 0.3 is 0 Å². The number of rotatable bonds is 8. The first kappa shape index (κ1) is 24.3. The second-order valence-electron chi connectivity index (χ2n) is 8.49. The smallest absolute Gasteiger partial charge is 0.262 e. The van der Waals surface area contributed by atoms with Crippen LogP contribution in [0.1, 0.15) is 27.0 Å². The summed E-state index contributed by atoms with van der Waals surface area (Å²) in [6, 6.07) is 23.9. The minimum absolute atomic E-state index is 0.0668. The highest BCUT2D eigenvalue weighted by molar-refractivity contribution is 7.92. The van der Waals surface area contributed by atoms with Crippen molar-refractivity contribution in [2.24, 2.45) is 0 Å². The molecule has 4 aromatic rings. The van der Waals surface area contributed by atoms with Gasteiger partial charge in [-0.3, -0.25) is 9.52 Å². The molecular formula is C28H28N2O4S. The summed E-state index contributed by atoms with van der Waals surface area (Å²) < 4.78 is 34.7. The molecule has 2 N–H and O–H groups in total. The monoisotopic (exact) mass is 488 g/mol. The van der Waals surface area contributed by atoms with E-state index in [1.165, 1.54) is 6.07 Å². The van der Waals surface area contributed by atoms with Crippen LogP contribution in [-0.4, -0.2) is 27.5 Å². The topological polar surface area (TPSA) is 84.5 Å². The van der Waals surface area contributed by atoms with Crippen molar-refractivity contribution in [1.29, 1.82) is 0 Å². The zero-order valence-electron chi connectivity index (χ0n) is 20.0. The molecule has 0 spiro atoms. The molecule has 0 radical (unpaired) electrons. The zero-order valence-corrected chi connectivity index (χ0v) is 20.8. The number of sulfonamides is 1. The van der Waals surface area contributed by atoms with Gasteiger partial charge in [0.05, 0.1) is 17.1 Å². The molecule has 0 atom stereocenters. The van der Waals surface area contributed by atoms with Gasteiger partial charge in [0.1, 0.15) is 12.4 Å². The fraction of sp³-hybridized carbons (Fsp3) is 0.179. The molecule has 0 aliphatic heterocycles. The van der Waals surface area contributed by atoms with Gasteiger partial charge in [0.25, 0.3) is 15.9 Å². The Hall–Kier alpha value is -3.84. The van der Waals surface area contributed by atoms with E-state index in [1.807, 2.05) is 68.4 Å². The van der Waals surface area contributed by atoms with Crippen molar-refractivity contribution in [1.82, 2.24) is 5.32 Å². The van der Waals surface area contributed by atoms with E-state index in [0.717, 1.165) is 27.6 Å². The van der Waals surface area contributed by atoms with Crippen LogP contribution in [-0.2, 0) is 10.0 Å². The number of ether oxygens (including phenoxy) is 1. The van der Waals surface area contributed by atoms with Crippen molar-refractivity contribution in [3.63, 3.8) is 0 Å². The van der Waals surface area contributed by atoms with E-state index >= 15 is 0 Å². The van der Waals surface area contributed by atoms with Gasteiger partial charge in [0.15, 0.2) is 0 Å². The van der Waals surface area contributed by atoms with Gasteiger partial charge in [-0.1, -0.05) is 60.2 Å². The Kier molecular flexibility index (Phi) is 7.07. The minimum Gasteiger partial charge on any atom is -0.491 e. The van der Waals surface area contributed by atoms with E-state index < -0.39 is 10.0 Å². The van der Waals surface area contributed by atoms with Crippen LogP contribution in [0.2, 0.25) is 0 Å². The Morgan fingerprint density at radius 1 is 0.857 bits per heavy atom. The van der Waals surface area contributed by atoms with Gasteiger partial charge in [-0.25, -0.2) is 8.42 Å². The number of benzene rings is 4. The predicted octanol–water partition coefficient (Wildman–Crippen LogP) is 5.37. The lowest BCUT2D eigenvalue weighted by molar-refractivity contribution is 0.0947. The summed E-state index contributed by atoms with van der Waals surface area (Å²) in [7, 11) is -3.87. The van der Waals surface area contributed by atoms with Gasteiger partial charge in [-0.2, -0.15) is 0 Å². The summed E-state index contributed by atoms with van der Waals surface area (Å²) >= 11 is 0. The van der Waals surface area contributed by atoms with Crippen LogP contribution in [0.15, 0.2) is 83.8 Å². The van der Waals surface area contributed by atoms with Gasteiger partial charge in [-0.15, -0.1) is 0 Å². The van der Waals surface area contributed by atoms with Gasteiger partial charge in [0, 0.05) is 10.9 Å². The van der Waals surface area contributed by atoms with E-state index in [2.05, 4.69) is 10.0 Å². The van der Waals surface area contributed by atoms with Crippen molar-refractivity contribution in [2.75, 3.05) is 17.9 Å². The van der Waals surface area contributed by atoms with Crippen LogP contribution in [0.25, 0.3) is 10.8 Å².